The lowest BCUT2D eigenvalue weighted by Gasteiger charge is -2.40. The van der Waals surface area contributed by atoms with Crippen LogP contribution in [-0.2, 0) is 11.2 Å². The van der Waals surface area contributed by atoms with Gasteiger partial charge in [0.05, 0.1) is 6.61 Å². The van der Waals surface area contributed by atoms with E-state index < -0.39 is 37.1 Å². The second kappa shape index (κ2) is 9.34. The number of nitrogens with zero attached hydrogens (tertiary/aromatic N) is 1. The highest BCUT2D eigenvalue weighted by Gasteiger charge is 2.44. The van der Waals surface area contributed by atoms with E-state index in [1.54, 1.807) is 23.5 Å². The van der Waals surface area contributed by atoms with Gasteiger partial charge in [0.2, 0.25) is 0 Å². The molecule has 1 fully saturated rings. The smallest absolute Gasteiger partial charge is 0.123 e. The minimum atomic E-state index is -1.42. The van der Waals surface area contributed by atoms with Crippen molar-refractivity contribution >= 4 is 22.9 Å². The van der Waals surface area contributed by atoms with E-state index in [1.807, 2.05) is 42.6 Å². The number of aromatic nitrogens is 1. The zero-order valence-corrected chi connectivity index (χ0v) is 18.4. The van der Waals surface area contributed by atoms with Gasteiger partial charge in [-0.05, 0) is 36.1 Å². The number of aryl methyl sites for hydroxylation is 1. The standard InChI is InChI=1S/C23H24ClNO5S/c1-12-11-31-23(25-12)14-4-2-13(3-5-14)8-16-9-15(6-7-17(16)24)22-21(29)20(28)19(27)18(10-26)30-22/h2-7,9,11,18-22,26-29H,8,10H2,1H3/t18-,19-,20+,21-,22+/m1/s1. The second-order valence-corrected chi connectivity index (χ2v) is 9.03. The first-order valence-corrected chi connectivity index (χ1v) is 11.2. The summed E-state index contributed by atoms with van der Waals surface area (Å²) in [5.74, 6) is 0. The maximum atomic E-state index is 10.4. The summed E-state index contributed by atoms with van der Waals surface area (Å²) in [6.45, 7) is 1.51. The summed E-state index contributed by atoms with van der Waals surface area (Å²) in [5.41, 5.74) is 4.58. The third-order valence-electron chi connectivity index (χ3n) is 5.51. The van der Waals surface area contributed by atoms with Gasteiger partial charge in [-0.2, -0.15) is 0 Å². The molecular formula is C23H24ClNO5S. The number of rotatable bonds is 5. The molecule has 2 heterocycles. The first-order valence-electron chi connectivity index (χ1n) is 9.97. The molecule has 4 rings (SSSR count). The average molecular weight is 462 g/mol. The molecule has 3 aromatic rings. The number of aliphatic hydroxyl groups excluding tert-OH is 4. The fraction of sp³-hybridized carbons (Fsp3) is 0.348. The predicted molar refractivity (Wildman–Crippen MR) is 119 cm³/mol. The third-order valence-corrected chi connectivity index (χ3v) is 6.88. The molecule has 1 aromatic heterocycles. The average Bonchev–Trinajstić information content (AvgIpc) is 3.21. The van der Waals surface area contributed by atoms with Crippen molar-refractivity contribution in [1.29, 1.82) is 0 Å². The summed E-state index contributed by atoms with van der Waals surface area (Å²) >= 11 is 8.03. The van der Waals surface area contributed by atoms with Crippen molar-refractivity contribution in [3.8, 4) is 10.6 Å². The van der Waals surface area contributed by atoms with Crippen LogP contribution in [0.15, 0.2) is 47.8 Å². The summed E-state index contributed by atoms with van der Waals surface area (Å²) in [6, 6.07) is 13.4. The van der Waals surface area contributed by atoms with E-state index in [1.165, 1.54) is 0 Å². The zero-order valence-electron chi connectivity index (χ0n) is 16.9. The maximum absolute atomic E-state index is 10.4. The molecule has 0 amide bonds. The van der Waals surface area contributed by atoms with E-state index >= 15 is 0 Å². The normalized spacial score (nSPS) is 26.2. The van der Waals surface area contributed by atoms with Gasteiger partial charge in [-0.25, -0.2) is 4.98 Å². The van der Waals surface area contributed by atoms with Crippen LogP contribution in [0, 0.1) is 6.92 Å². The first-order chi connectivity index (χ1) is 14.9. The van der Waals surface area contributed by atoms with E-state index in [4.69, 9.17) is 16.3 Å². The topological polar surface area (TPSA) is 103 Å². The van der Waals surface area contributed by atoms with Crippen LogP contribution in [0.1, 0.15) is 28.5 Å². The van der Waals surface area contributed by atoms with Crippen molar-refractivity contribution in [2.24, 2.45) is 0 Å². The van der Waals surface area contributed by atoms with Crippen molar-refractivity contribution in [2.45, 2.75) is 43.9 Å². The van der Waals surface area contributed by atoms with Gasteiger partial charge in [0.25, 0.3) is 0 Å². The van der Waals surface area contributed by atoms with Crippen LogP contribution in [0.2, 0.25) is 5.02 Å². The minimum absolute atomic E-state index is 0.465. The molecule has 1 aliphatic rings. The molecule has 31 heavy (non-hydrogen) atoms. The zero-order chi connectivity index (χ0) is 22.1. The van der Waals surface area contributed by atoms with Crippen LogP contribution >= 0.6 is 22.9 Å². The van der Waals surface area contributed by atoms with Gasteiger partial charge in [-0.3, -0.25) is 0 Å². The highest BCUT2D eigenvalue weighted by molar-refractivity contribution is 7.13. The van der Waals surface area contributed by atoms with Crippen LogP contribution < -0.4 is 0 Å². The number of halogens is 1. The van der Waals surface area contributed by atoms with E-state index in [-0.39, 0.29) is 0 Å². The Hall–Kier alpha value is -1.84. The van der Waals surface area contributed by atoms with E-state index in [0.717, 1.165) is 27.4 Å². The molecule has 5 atom stereocenters. The number of thiazole rings is 1. The Bertz CT molecular complexity index is 1040. The Balaban J connectivity index is 1.55. The lowest BCUT2D eigenvalue weighted by molar-refractivity contribution is -0.231. The quantitative estimate of drug-likeness (QED) is 0.466. The van der Waals surface area contributed by atoms with Crippen LogP contribution in [0.3, 0.4) is 0 Å². The highest BCUT2D eigenvalue weighted by Crippen LogP contribution is 2.34. The van der Waals surface area contributed by atoms with Crippen LogP contribution in [0.4, 0.5) is 0 Å². The lowest BCUT2D eigenvalue weighted by Crippen LogP contribution is -2.55. The Morgan fingerprint density at radius 2 is 1.77 bits per heavy atom. The van der Waals surface area contributed by atoms with Gasteiger partial charge < -0.3 is 25.2 Å². The van der Waals surface area contributed by atoms with E-state index in [9.17, 15) is 20.4 Å². The Morgan fingerprint density at radius 1 is 1.03 bits per heavy atom. The molecule has 2 aromatic carbocycles. The van der Waals surface area contributed by atoms with Crippen LogP contribution in [-0.4, -0.2) is 56.4 Å². The number of benzene rings is 2. The first kappa shape index (κ1) is 22.4. The number of aliphatic hydroxyl groups is 4. The molecule has 0 bridgehead atoms. The molecule has 1 saturated heterocycles. The summed E-state index contributed by atoms with van der Waals surface area (Å²) in [5, 5.41) is 43.5. The monoisotopic (exact) mass is 461 g/mol. The van der Waals surface area contributed by atoms with Crippen molar-refractivity contribution in [2.75, 3.05) is 6.61 Å². The maximum Gasteiger partial charge on any atom is 0.123 e. The SMILES string of the molecule is Cc1csc(-c2ccc(Cc3cc([C@@H]4O[C@H](CO)[C@@H](O)[C@H](O)[C@H]4O)ccc3Cl)cc2)n1. The van der Waals surface area contributed by atoms with Crippen molar-refractivity contribution in [1.82, 2.24) is 4.98 Å². The van der Waals surface area contributed by atoms with Gasteiger partial charge in [0, 0.05) is 21.7 Å². The van der Waals surface area contributed by atoms with Crippen LogP contribution in [0.5, 0.6) is 0 Å². The fourth-order valence-electron chi connectivity index (χ4n) is 3.76. The minimum Gasteiger partial charge on any atom is -0.394 e. The molecule has 0 aliphatic carbocycles. The molecule has 6 nitrogen and oxygen atoms in total. The number of hydrogen-bond acceptors (Lipinski definition) is 7. The molecule has 0 unspecified atom stereocenters. The largest absolute Gasteiger partial charge is 0.394 e. The van der Waals surface area contributed by atoms with Crippen molar-refractivity contribution < 1.29 is 25.2 Å². The Kier molecular flexibility index (Phi) is 6.74. The molecule has 164 valence electrons. The van der Waals surface area contributed by atoms with Crippen molar-refractivity contribution in [3.05, 3.63) is 75.3 Å². The summed E-state index contributed by atoms with van der Waals surface area (Å²) < 4.78 is 5.67. The molecule has 0 saturated carbocycles. The van der Waals surface area contributed by atoms with Gasteiger partial charge >= 0.3 is 0 Å². The third kappa shape index (κ3) is 4.68. The Morgan fingerprint density at radius 3 is 2.42 bits per heavy atom. The molecule has 1 aliphatic heterocycles. The fourth-order valence-corrected chi connectivity index (χ4v) is 4.74. The van der Waals surface area contributed by atoms with E-state index in [0.29, 0.717) is 17.0 Å². The molecular weight excluding hydrogens is 438 g/mol. The molecule has 0 radical (unpaired) electrons. The van der Waals surface area contributed by atoms with Crippen molar-refractivity contribution in [3.63, 3.8) is 0 Å². The Labute approximate surface area is 189 Å². The number of hydrogen-bond donors (Lipinski definition) is 4. The van der Waals surface area contributed by atoms with Crippen LogP contribution in [0.25, 0.3) is 10.6 Å². The van der Waals surface area contributed by atoms with Gasteiger partial charge in [0.1, 0.15) is 35.5 Å². The summed E-state index contributed by atoms with van der Waals surface area (Å²) in [6.07, 6.45) is -5.40. The second-order valence-electron chi connectivity index (χ2n) is 7.77. The predicted octanol–water partition coefficient (Wildman–Crippen LogP) is 2.88. The lowest BCUT2D eigenvalue weighted by atomic mass is 9.90. The molecule has 0 spiro atoms. The number of ether oxygens (including phenoxy) is 1. The molecule has 8 heteroatoms. The molecule has 4 N–H and O–H groups in total. The summed E-state index contributed by atoms with van der Waals surface area (Å²) in [4.78, 5) is 4.51. The highest BCUT2D eigenvalue weighted by atomic mass is 35.5. The van der Waals surface area contributed by atoms with Gasteiger partial charge in [-0.15, -0.1) is 11.3 Å². The summed E-state index contributed by atoms with van der Waals surface area (Å²) in [7, 11) is 0. The van der Waals surface area contributed by atoms with E-state index in [2.05, 4.69) is 4.98 Å². The van der Waals surface area contributed by atoms with Gasteiger partial charge in [0.15, 0.2) is 0 Å². The van der Waals surface area contributed by atoms with Gasteiger partial charge in [-0.1, -0.05) is 48.0 Å².